The number of H-pyrrole nitrogens is 1. The molecular formula is C13H14N4O2S2. The number of anilines is 2. The summed E-state index contributed by atoms with van der Waals surface area (Å²) in [5.41, 5.74) is 5.86. The Hall–Kier alpha value is -1.93. The van der Waals surface area contributed by atoms with E-state index in [1.54, 1.807) is 11.8 Å². The first kappa shape index (κ1) is 15.5. The van der Waals surface area contributed by atoms with Crippen molar-refractivity contribution in [3.05, 3.63) is 40.7 Å². The molecule has 4 N–H and O–H groups in total. The van der Waals surface area contributed by atoms with Gasteiger partial charge in [-0.3, -0.25) is 9.59 Å². The van der Waals surface area contributed by atoms with E-state index in [2.05, 4.69) is 15.3 Å². The van der Waals surface area contributed by atoms with Gasteiger partial charge >= 0.3 is 0 Å². The molecule has 0 radical (unpaired) electrons. The van der Waals surface area contributed by atoms with E-state index in [4.69, 9.17) is 5.73 Å². The molecule has 1 heterocycles. The van der Waals surface area contributed by atoms with E-state index < -0.39 is 0 Å². The number of hydrogen-bond acceptors (Lipinski definition) is 6. The predicted molar refractivity (Wildman–Crippen MR) is 86.8 cm³/mol. The summed E-state index contributed by atoms with van der Waals surface area (Å²) < 4.78 is 0. The van der Waals surface area contributed by atoms with Crippen molar-refractivity contribution < 1.29 is 4.79 Å². The predicted octanol–water partition coefficient (Wildman–Crippen LogP) is 1.80. The highest BCUT2D eigenvalue weighted by atomic mass is 32.2. The van der Waals surface area contributed by atoms with Gasteiger partial charge in [0.2, 0.25) is 5.91 Å². The molecule has 21 heavy (non-hydrogen) atoms. The first-order valence-electron chi connectivity index (χ1n) is 6.00. The van der Waals surface area contributed by atoms with Crippen LogP contribution in [0, 0.1) is 0 Å². The van der Waals surface area contributed by atoms with E-state index in [0.717, 1.165) is 22.3 Å². The Morgan fingerprint density at radius 3 is 2.71 bits per heavy atom. The summed E-state index contributed by atoms with van der Waals surface area (Å²) in [4.78, 5) is 30.6. The van der Waals surface area contributed by atoms with Crippen LogP contribution < -0.4 is 16.6 Å². The van der Waals surface area contributed by atoms with Gasteiger partial charge in [-0.05, 0) is 30.5 Å². The van der Waals surface area contributed by atoms with Gasteiger partial charge in [0.25, 0.3) is 5.56 Å². The van der Waals surface area contributed by atoms with Crippen LogP contribution in [0.4, 0.5) is 11.5 Å². The fourth-order valence-electron chi connectivity index (χ4n) is 1.53. The van der Waals surface area contributed by atoms with Crippen LogP contribution in [0.1, 0.15) is 0 Å². The number of amides is 1. The van der Waals surface area contributed by atoms with Crippen LogP contribution in [0.15, 0.2) is 45.2 Å². The zero-order valence-electron chi connectivity index (χ0n) is 11.3. The van der Waals surface area contributed by atoms with Crippen molar-refractivity contribution in [2.24, 2.45) is 0 Å². The number of hydrogen-bond donors (Lipinski definition) is 3. The molecule has 6 nitrogen and oxygen atoms in total. The minimum absolute atomic E-state index is 0.134. The topological polar surface area (TPSA) is 101 Å². The monoisotopic (exact) mass is 322 g/mol. The van der Waals surface area contributed by atoms with Crippen molar-refractivity contribution in [1.82, 2.24) is 9.97 Å². The zero-order valence-corrected chi connectivity index (χ0v) is 12.9. The molecule has 0 unspecified atom stereocenters. The third kappa shape index (κ3) is 4.83. The van der Waals surface area contributed by atoms with Gasteiger partial charge in [0.05, 0.1) is 5.75 Å². The van der Waals surface area contributed by atoms with E-state index in [1.165, 1.54) is 6.07 Å². The summed E-state index contributed by atoms with van der Waals surface area (Å²) in [7, 11) is 0. The molecule has 110 valence electrons. The summed E-state index contributed by atoms with van der Waals surface area (Å²) in [6.45, 7) is 0. The number of nitrogens with one attached hydrogen (secondary N) is 2. The number of nitrogens with zero attached hydrogens (tertiary/aromatic N) is 1. The molecule has 0 aliphatic carbocycles. The second-order valence-corrected chi connectivity index (χ2v) is 5.88. The Kier molecular flexibility index (Phi) is 5.29. The Bertz CT molecular complexity index is 685. The number of rotatable bonds is 5. The number of carbonyl (C=O) groups is 1. The van der Waals surface area contributed by atoms with Gasteiger partial charge in [-0.2, -0.15) is 0 Å². The fourth-order valence-corrected chi connectivity index (χ4v) is 2.62. The maximum absolute atomic E-state index is 11.8. The summed E-state index contributed by atoms with van der Waals surface area (Å²) in [6.07, 6.45) is 1.99. The number of nitrogen functional groups attached to an aromatic ring is 1. The molecule has 1 aromatic heterocycles. The molecule has 0 aliphatic heterocycles. The lowest BCUT2D eigenvalue weighted by Gasteiger charge is -2.05. The maximum Gasteiger partial charge on any atom is 0.253 e. The van der Waals surface area contributed by atoms with Gasteiger partial charge in [-0.15, -0.1) is 11.8 Å². The van der Waals surface area contributed by atoms with Gasteiger partial charge in [-0.1, -0.05) is 11.8 Å². The van der Waals surface area contributed by atoms with Crippen LogP contribution in [0.25, 0.3) is 0 Å². The van der Waals surface area contributed by atoms with Crippen LogP contribution in [0.2, 0.25) is 0 Å². The lowest BCUT2D eigenvalue weighted by molar-refractivity contribution is -0.113. The van der Waals surface area contributed by atoms with E-state index in [9.17, 15) is 9.59 Å². The van der Waals surface area contributed by atoms with Crippen molar-refractivity contribution in [3.63, 3.8) is 0 Å². The molecule has 0 saturated heterocycles. The Labute approximate surface area is 129 Å². The summed E-state index contributed by atoms with van der Waals surface area (Å²) in [5, 5.41) is 3.10. The average Bonchev–Trinajstić information content (AvgIpc) is 2.45. The van der Waals surface area contributed by atoms with Crippen LogP contribution in [-0.2, 0) is 4.79 Å². The molecule has 1 amide bonds. The normalized spacial score (nSPS) is 10.3. The highest BCUT2D eigenvalue weighted by molar-refractivity contribution is 7.99. The maximum atomic E-state index is 11.8. The minimum Gasteiger partial charge on any atom is -0.383 e. The number of carbonyl (C=O) groups excluding carboxylic acids is 1. The smallest absolute Gasteiger partial charge is 0.253 e. The lowest BCUT2D eigenvalue weighted by Crippen LogP contribution is -2.15. The second-order valence-electron chi connectivity index (χ2n) is 4.04. The van der Waals surface area contributed by atoms with E-state index >= 15 is 0 Å². The van der Waals surface area contributed by atoms with Crippen molar-refractivity contribution in [3.8, 4) is 0 Å². The van der Waals surface area contributed by atoms with Gasteiger partial charge in [-0.25, -0.2) is 4.98 Å². The first-order chi connectivity index (χ1) is 10.1. The van der Waals surface area contributed by atoms with Gasteiger partial charge in [0.1, 0.15) is 5.82 Å². The van der Waals surface area contributed by atoms with E-state index in [-0.39, 0.29) is 23.0 Å². The minimum atomic E-state index is -0.335. The molecule has 2 rings (SSSR count). The average molecular weight is 322 g/mol. The molecule has 8 heteroatoms. The molecule has 0 bridgehead atoms. The lowest BCUT2D eigenvalue weighted by atomic mass is 10.3. The summed E-state index contributed by atoms with van der Waals surface area (Å²) >= 11 is 2.76. The van der Waals surface area contributed by atoms with Crippen LogP contribution in [0.5, 0.6) is 0 Å². The molecule has 0 fully saturated rings. The standard InChI is InChI=1S/C13H14N4O2S2/c1-20-9-4-2-8(3-5-9)15-12(19)7-21-13-16-10(14)6-11(18)17-13/h2-6H,7H2,1H3,(H,15,19)(H3,14,16,17,18). The molecule has 0 atom stereocenters. The van der Waals surface area contributed by atoms with E-state index in [1.807, 2.05) is 30.5 Å². The number of aromatic amines is 1. The largest absolute Gasteiger partial charge is 0.383 e. The number of benzene rings is 1. The fraction of sp³-hybridized carbons (Fsp3) is 0.154. The van der Waals surface area contributed by atoms with Crippen LogP contribution in [0.3, 0.4) is 0 Å². The van der Waals surface area contributed by atoms with Gasteiger partial charge in [0.15, 0.2) is 5.16 Å². The third-order valence-electron chi connectivity index (χ3n) is 2.45. The number of nitrogens with two attached hydrogens (primary N) is 1. The molecule has 0 aliphatic rings. The molecule has 0 spiro atoms. The number of aromatic nitrogens is 2. The van der Waals surface area contributed by atoms with Gasteiger partial charge in [0, 0.05) is 16.6 Å². The highest BCUT2D eigenvalue weighted by Crippen LogP contribution is 2.18. The highest BCUT2D eigenvalue weighted by Gasteiger charge is 2.06. The van der Waals surface area contributed by atoms with E-state index in [0.29, 0.717) is 5.16 Å². The Morgan fingerprint density at radius 1 is 1.38 bits per heavy atom. The second kappa shape index (κ2) is 7.19. The molecule has 2 aromatic rings. The van der Waals surface area contributed by atoms with Crippen molar-refractivity contribution in [1.29, 1.82) is 0 Å². The van der Waals surface area contributed by atoms with Gasteiger partial charge < -0.3 is 16.0 Å². The first-order valence-corrected chi connectivity index (χ1v) is 8.21. The van der Waals surface area contributed by atoms with Crippen molar-refractivity contribution >= 4 is 40.9 Å². The Morgan fingerprint density at radius 2 is 2.10 bits per heavy atom. The quantitative estimate of drug-likeness (QED) is 0.573. The SMILES string of the molecule is CSc1ccc(NC(=O)CSc2nc(N)cc(=O)[nH]2)cc1. The zero-order chi connectivity index (χ0) is 15.2. The van der Waals surface area contributed by atoms with Crippen LogP contribution >= 0.6 is 23.5 Å². The molecule has 1 aromatic carbocycles. The number of thioether (sulfide) groups is 2. The van der Waals surface area contributed by atoms with Crippen LogP contribution in [-0.4, -0.2) is 27.9 Å². The molecule has 0 saturated carbocycles. The molecular weight excluding hydrogens is 308 g/mol. The third-order valence-corrected chi connectivity index (χ3v) is 4.07. The van der Waals surface area contributed by atoms with Crippen molar-refractivity contribution in [2.45, 2.75) is 10.1 Å². The summed E-state index contributed by atoms with van der Waals surface area (Å²) in [6, 6.07) is 8.75. The summed E-state index contributed by atoms with van der Waals surface area (Å²) in [5.74, 6) is 0.0905. The van der Waals surface area contributed by atoms with Crippen molar-refractivity contribution in [2.75, 3.05) is 23.1 Å². The Balaban J connectivity index is 1.90.